The molecule has 3 aliphatic rings. The lowest BCUT2D eigenvalue weighted by Crippen LogP contribution is -2.41. The topological polar surface area (TPSA) is 58.4 Å². The molecule has 126 valence electrons. The first-order chi connectivity index (χ1) is 11.2. The zero-order valence-corrected chi connectivity index (χ0v) is 14.5. The zero-order chi connectivity index (χ0) is 15.9. The van der Waals surface area contributed by atoms with E-state index in [1.165, 1.54) is 24.8 Å². The molecule has 0 aromatic carbocycles. The summed E-state index contributed by atoms with van der Waals surface area (Å²) in [6.07, 6.45) is 6.48. The molecule has 0 bridgehead atoms. The van der Waals surface area contributed by atoms with Crippen LogP contribution in [-0.4, -0.2) is 36.0 Å². The second kappa shape index (κ2) is 6.19. The van der Waals surface area contributed by atoms with Crippen molar-refractivity contribution in [3.8, 4) is 0 Å². The maximum Gasteiger partial charge on any atom is 0.226 e. The van der Waals surface area contributed by atoms with Crippen molar-refractivity contribution in [3.63, 3.8) is 0 Å². The fourth-order valence-corrected chi connectivity index (χ4v) is 5.28. The third kappa shape index (κ3) is 3.06. The predicted molar refractivity (Wildman–Crippen MR) is 93.1 cm³/mol. The van der Waals surface area contributed by atoms with Crippen LogP contribution in [0.1, 0.15) is 44.1 Å². The summed E-state index contributed by atoms with van der Waals surface area (Å²) >= 11 is 1.72. The van der Waals surface area contributed by atoms with Gasteiger partial charge in [0.05, 0.1) is 0 Å². The van der Waals surface area contributed by atoms with Gasteiger partial charge in [0.25, 0.3) is 0 Å². The first-order valence-corrected chi connectivity index (χ1v) is 9.90. The molecular formula is C18H27N3OS. The first-order valence-electron chi connectivity index (χ1n) is 8.96. The number of nitrogens with one attached hydrogen (secondary N) is 1. The zero-order valence-electron chi connectivity index (χ0n) is 13.7. The molecule has 3 N–H and O–H groups in total. The van der Waals surface area contributed by atoms with E-state index in [2.05, 4.69) is 27.0 Å². The van der Waals surface area contributed by atoms with Crippen molar-refractivity contribution in [1.82, 2.24) is 10.2 Å². The molecule has 2 heterocycles. The molecule has 4 rings (SSSR count). The smallest absolute Gasteiger partial charge is 0.226 e. The van der Waals surface area contributed by atoms with Crippen molar-refractivity contribution >= 4 is 17.2 Å². The number of nitrogens with zero attached hydrogens (tertiary/aromatic N) is 1. The Hall–Kier alpha value is -0.910. The molecular weight excluding hydrogens is 306 g/mol. The summed E-state index contributed by atoms with van der Waals surface area (Å²) in [6.45, 7) is 2.99. The van der Waals surface area contributed by atoms with Crippen molar-refractivity contribution in [2.24, 2.45) is 17.1 Å². The van der Waals surface area contributed by atoms with Crippen LogP contribution in [0.15, 0.2) is 16.8 Å². The van der Waals surface area contributed by atoms with Crippen LogP contribution in [0, 0.1) is 11.3 Å². The van der Waals surface area contributed by atoms with Crippen molar-refractivity contribution in [3.05, 3.63) is 22.4 Å². The van der Waals surface area contributed by atoms with Crippen LogP contribution in [0.25, 0.3) is 0 Å². The number of hydrogen-bond acceptors (Lipinski definition) is 4. The van der Waals surface area contributed by atoms with Gasteiger partial charge in [-0.2, -0.15) is 11.3 Å². The molecule has 2 saturated carbocycles. The Bertz CT molecular complexity index is 553. The van der Waals surface area contributed by atoms with Crippen LogP contribution in [-0.2, 0) is 11.3 Å². The minimum absolute atomic E-state index is 0.156. The van der Waals surface area contributed by atoms with E-state index in [-0.39, 0.29) is 12.0 Å². The molecule has 1 spiro atoms. The van der Waals surface area contributed by atoms with E-state index in [9.17, 15) is 4.79 Å². The number of rotatable bonds is 4. The molecule has 1 aromatic heterocycles. The van der Waals surface area contributed by atoms with E-state index in [0.29, 0.717) is 17.4 Å². The van der Waals surface area contributed by atoms with E-state index < -0.39 is 0 Å². The number of carbonyl (C=O) groups excluding carboxylic acids is 1. The Morgan fingerprint density at radius 2 is 2.22 bits per heavy atom. The van der Waals surface area contributed by atoms with Crippen molar-refractivity contribution in [2.75, 3.05) is 13.1 Å². The average molecular weight is 334 g/mol. The van der Waals surface area contributed by atoms with E-state index in [4.69, 9.17) is 5.73 Å². The van der Waals surface area contributed by atoms with Crippen LogP contribution in [0.2, 0.25) is 0 Å². The van der Waals surface area contributed by atoms with E-state index >= 15 is 0 Å². The molecule has 0 radical (unpaired) electrons. The molecule has 23 heavy (non-hydrogen) atoms. The van der Waals surface area contributed by atoms with E-state index in [1.807, 2.05) is 0 Å². The summed E-state index contributed by atoms with van der Waals surface area (Å²) in [5.74, 6) is 0.521. The van der Waals surface area contributed by atoms with Gasteiger partial charge in [-0.1, -0.05) is 0 Å². The van der Waals surface area contributed by atoms with Crippen molar-refractivity contribution in [2.45, 2.75) is 57.2 Å². The number of piperidine rings is 1. The average Bonchev–Trinajstić information content (AvgIpc) is 2.97. The van der Waals surface area contributed by atoms with E-state index in [1.54, 1.807) is 11.3 Å². The molecule has 5 heteroatoms. The summed E-state index contributed by atoms with van der Waals surface area (Å²) in [5, 5.41) is 7.74. The van der Waals surface area contributed by atoms with Crippen LogP contribution in [0.3, 0.4) is 0 Å². The quantitative estimate of drug-likeness (QED) is 0.889. The van der Waals surface area contributed by atoms with Crippen LogP contribution < -0.4 is 11.1 Å². The largest absolute Gasteiger partial charge is 0.335 e. The first kappa shape index (κ1) is 15.6. The highest BCUT2D eigenvalue weighted by molar-refractivity contribution is 7.07. The van der Waals surface area contributed by atoms with Gasteiger partial charge in [-0.15, -0.1) is 0 Å². The van der Waals surface area contributed by atoms with E-state index in [0.717, 1.165) is 38.9 Å². The third-order valence-electron chi connectivity index (χ3n) is 6.16. The number of amides is 1. The molecule has 2 aliphatic carbocycles. The standard InChI is InChI=1S/C18H27N3OS/c19-15-2-1-14(9-15)17(22)21(11-13-3-8-23-12-13)16-10-18(16)4-6-20-7-5-18/h3,8,12,14-16,20H,1-2,4-7,9-11,19H2. The van der Waals surface area contributed by atoms with Crippen LogP contribution >= 0.6 is 11.3 Å². The monoisotopic (exact) mass is 333 g/mol. The van der Waals surface area contributed by atoms with Gasteiger partial charge in [-0.3, -0.25) is 4.79 Å². The van der Waals surface area contributed by atoms with Gasteiger partial charge in [-0.05, 0) is 79.4 Å². The maximum atomic E-state index is 13.2. The molecule has 3 unspecified atom stereocenters. The summed E-state index contributed by atoms with van der Waals surface area (Å²) in [5.41, 5.74) is 7.73. The van der Waals surface area contributed by atoms with Gasteiger partial charge in [0.15, 0.2) is 0 Å². The summed E-state index contributed by atoms with van der Waals surface area (Å²) < 4.78 is 0. The molecule has 1 amide bonds. The minimum atomic E-state index is 0.156. The lowest BCUT2D eigenvalue weighted by atomic mass is 9.93. The Labute approximate surface area is 142 Å². The maximum absolute atomic E-state index is 13.2. The number of hydrogen-bond donors (Lipinski definition) is 2. The van der Waals surface area contributed by atoms with Gasteiger partial charge in [0, 0.05) is 24.5 Å². The Morgan fingerprint density at radius 3 is 2.87 bits per heavy atom. The molecule has 3 atom stereocenters. The lowest BCUT2D eigenvalue weighted by molar-refractivity contribution is -0.137. The minimum Gasteiger partial charge on any atom is -0.335 e. The molecule has 4 nitrogen and oxygen atoms in total. The van der Waals surface area contributed by atoms with Gasteiger partial charge < -0.3 is 16.0 Å². The van der Waals surface area contributed by atoms with Crippen molar-refractivity contribution in [1.29, 1.82) is 0 Å². The van der Waals surface area contributed by atoms with Gasteiger partial charge in [-0.25, -0.2) is 0 Å². The van der Waals surface area contributed by atoms with Gasteiger partial charge in [0.2, 0.25) is 5.91 Å². The number of thiophene rings is 1. The molecule has 1 aliphatic heterocycles. The van der Waals surface area contributed by atoms with Crippen molar-refractivity contribution < 1.29 is 4.79 Å². The number of carbonyl (C=O) groups is 1. The summed E-state index contributed by atoms with van der Waals surface area (Å²) in [4.78, 5) is 15.4. The van der Waals surface area contributed by atoms with Gasteiger partial charge in [0.1, 0.15) is 0 Å². The highest BCUT2D eigenvalue weighted by Crippen LogP contribution is 2.56. The highest BCUT2D eigenvalue weighted by atomic mass is 32.1. The molecule has 1 aromatic rings. The molecule has 3 fully saturated rings. The fourth-order valence-electron chi connectivity index (χ4n) is 4.63. The third-order valence-corrected chi connectivity index (χ3v) is 6.89. The summed E-state index contributed by atoms with van der Waals surface area (Å²) in [7, 11) is 0. The van der Waals surface area contributed by atoms with Gasteiger partial charge >= 0.3 is 0 Å². The SMILES string of the molecule is NC1CCC(C(=O)N(Cc2ccsc2)C2CC23CCNCC3)C1. The number of nitrogens with two attached hydrogens (primary N) is 1. The second-order valence-corrected chi connectivity index (χ2v) is 8.48. The Balaban J connectivity index is 1.51. The Morgan fingerprint density at radius 1 is 1.39 bits per heavy atom. The van der Waals surface area contributed by atoms with Crippen LogP contribution in [0.4, 0.5) is 0 Å². The second-order valence-electron chi connectivity index (χ2n) is 7.70. The Kier molecular flexibility index (Phi) is 4.20. The normalized spacial score (nSPS) is 32.1. The lowest BCUT2D eigenvalue weighted by Gasteiger charge is -2.31. The highest BCUT2D eigenvalue weighted by Gasteiger charge is 2.58. The van der Waals surface area contributed by atoms with Crippen LogP contribution in [0.5, 0.6) is 0 Å². The summed E-state index contributed by atoms with van der Waals surface area (Å²) in [6, 6.07) is 2.83. The fraction of sp³-hybridized carbons (Fsp3) is 0.722. The predicted octanol–water partition coefficient (Wildman–Crippen LogP) is 2.35. The molecule has 1 saturated heterocycles.